The summed E-state index contributed by atoms with van der Waals surface area (Å²) in [5, 5.41) is 2.39. The number of hydrazine groups is 1. The summed E-state index contributed by atoms with van der Waals surface area (Å²) >= 11 is 16.3. The van der Waals surface area contributed by atoms with E-state index in [1.165, 1.54) is 12.1 Å². The molecule has 0 fully saturated rings. The Labute approximate surface area is 149 Å². The number of benzene rings is 1. The smallest absolute Gasteiger partial charge is 0.331 e. The lowest BCUT2D eigenvalue weighted by molar-refractivity contribution is -0.137. The number of nitrogens with one attached hydrogen (secondary N) is 3. The molecule has 1 aromatic heterocycles. The molecular formula is C13H8Cl2F4N4S. The van der Waals surface area contributed by atoms with E-state index in [2.05, 4.69) is 21.2 Å². The maximum Gasteiger partial charge on any atom is 0.417 e. The molecule has 0 bridgehead atoms. The average Bonchev–Trinajstić information content (AvgIpc) is 2.49. The molecule has 0 saturated carbocycles. The van der Waals surface area contributed by atoms with Gasteiger partial charge in [0.05, 0.1) is 15.6 Å². The molecule has 0 aliphatic heterocycles. The van der Waals surface area contributed by atoms with Crippen molar-refractivity contribution < 1.29 is 17.6 Å². The van der Waals surface area contributed by atoms with Gasteiger partial charge in [-0.2, -0.15) is 13.2 Å². The highest BCUT2D eigenvalue weighted by Crippen LogP contribution is 2.32. The van der Waals surface area contributed by atoms with Crippen LogP contribution in [0.25, 0.3) is 0 Å². The van der Waals surface area contributed by atoms with Crippen molar-refractivity contribution in [2.24, 2.45) is 0 Å². The third-order valence-corrected chi connectivity index (χ3v) is 3.42. The van der Waals surface area contributed by atoms with Crippen LogP contribution in [0, 0.1) is 5.82 Å². The fraction of sp³-hybridized carbons (Fsp3) is 0.0769. The summed E-state index contributed by atoms with van der Waals surface area (Å²) in [4.78, 5) is 3.57. The summed E-state index contributed by atoms with van der Waals surface area (Å²) < 4.78 is 50.6. The van der Waals surface area contributed by atoms with E-state index in [1.54, 1.807) is 0 Å². The van der Waals surface area contributed by atoms with Crippen molar-refractivity contribution in [3.63, 3.8) is 0 Å². The van der Waals surface area contributed by atoms with Gasteiger partial charge in [-0.05, 0) is 36.5 Å². The van der Waals surface area contributed by atoms with Gasteiger partial charge in [-0.1, -0.05) is 23.2 Å². The van der Waals surface area contributed by atoms with E-state index in [9.17, 15) is 17.6 Å². The quantitative estimate of drug-likeness (QED) is 0.391. The zero-order chi connectivity index (χ0) is 17.9. The number of anilines is 2. The summed E-state index contributed by atoms with van der Waals surface area (Å²) in [6.45, 7) is 0. The van der Waals surface area contributed by atoms with Gasteiger partial charge in [-0.3, -0.25) is 10.9 Å². The van der Waals surface area contributed by atoms with Gasteiger partial charge >= 0.3 is 6.18 Å². The average molecular weight is 399 g/mol. The highest BCUT2D eigenvalue weighted by Gasteiger charge is 2.31. The highest BCUT2D eigenvalue weighted by atomic mass is 35.5. The van der Waals surface area contributed by atoms with E-state index >= 15 is 0 Å². The first-order valence-electron chi connectivity index (χ1n) is 6.17. The Bertz CT molecular complexity index is 770. The molecule has 2 rings (SSSR count). The van der Waals surface area contributed by atoms with Crippen LogP contribution in [0.15, 0.2) is 30.5 Å². The molecule has 3 N–H and O–H groups in total. The summed E-state index contributed by atoms with van der Waals surface area (Å²) in [7, 11) is 0. The van der Waals surface area contributed by atoms with Crippen molar-refractivity contribution in [3.05, 3.63) is 51.9 Å². The second-order valence-electron chi connectivity index (χ2n) is 4.39. The molecule has 0 aliphatic rings. The van der Waals surface area contributed by atoms with Gasteiger partial charge in [0.2, 0.25) is 0 Å². The summed E-state index contributed by atoms with van der Waals surface area (Å²) in [6.07, 6.45) is -3.91. The van der Waals surface area contributed by atoms with E-state index in [4.69, 9.17) is 35.4 Å². The zero-order valence-electron chi connectivity index (χ0n) is 11.5. The molecule has 0 radical (unpaired) electrons. The minimum absolute atomic E-state index is 0.0374. The van der Waals surface area contributed by atoms with Gasteiger partial charge in [0.1, 0.15) is 5.82 Å². The molecule has 0 amide bonds. The van der Waals surface area contributed by atoms with E-state index in [0.29, 0.717) is 11.9 Å². The number of thiocarbonyl (C=S) groups is 1. The van der Waals surface area contributed by atoms with Gasteiger partial charge < -0.3 is 5.32 Å². The lowest BCUT2D eigenvalue weighted by Gasteiger charge is -2.14. The highest BCUT2D eigenvalue weighted by molar-refractivity contribution is 7.80. The van der Waals surface area contributed by atoms with E-state index in [1.807, 2.05) is 0 Å². The number of halogens is 6. The minimum Gasteiger partial charge on any atom is -0.331 e. The van der Waals surface area contributed by atoms with Crippen LogP contribution in [-0.2, 0) is 6.18 Å². The SMILES string of the molecule is Fc1ccc(NC(=S)NNc2ncc(C(F)(F)F)cc2Cl)cc1Cl. The number of nitrogens with zero attached hydrogens (tertiary/aromatic N) is 1. The number of alkyl halides is 3. The second kappa shape index (κ2) is 7.37. The molecule has 2 aromatic rings. The lowest BCUT2D eigenvalue weighted by atomic mass is 10.3. The van der Waals surface area contributed by atoms with Crippen molar-refractivity contribution in [1.82, 2.24) is 10.4 Å². The van der Waals surface area contributed by atoms with Crippen LogP contribution < -0.4 is 16.2 Å². The van der Waals surface area contributed by atoms with Gasteiger partial charge in [0.15, 0.2) is 10.9 Å². The molecule has 0 aliphatic carbocycles. The number of rotatable bonds is 3. The van der Waals surface area contributed by atoms with Crippen molar-refractivity contribution in [3.8, 4) is 0 Å². The Morgan fingerprint density at radius 2 is 1.83 bits per heavy atom. The summed E-state index contributed by atoms with van der Waals surface area (Å²) in [5.74, 6) is -0.633. The van der Waals surface area contributed by atoms with Gasteiger partial charge in [-0.15, -0.1) is 0 Å². The van der Waals surface area contributed by atoms with E-state index in [0.717, 1.165) is 12.1 Å². The van der Waals surface area contributed by atoms with Crippen molar-refractivity contribution in [2.45, 2.75) is 6.18 Å². The van der Waals surface area contributed by atoms with Gasteiger partial charge in [0, 0.05) is 11.9 Å². The van der Waals surface area contributed by atoms with Crippen LogP contribution in [0.1, 0.15) is 5.56 Å². The third kappa shape index (κ3) is 4.83. The Morgan fingerprint density at radius 3 is 2.42 bits per heavy atom. The number of hydrogen-bond donors (Lipinski definition) is 3. The van der Waals surface area contributed by atoms with Crippen molar-refractivity contribution in [2.75, 3.05) is 10.7 Å². The van der Waals surface area contributed by atoms with Crippen LogP contribution in [0.5, 0.6) is 0 Å². The Kier molecular flexibility index (Phi) is 5.68. The molecule has 0 saturated heterocycles. The summed E-state index contributed by atoms with van der Waals surface area (Å²) in [5.41, 5.74) is 4.39. The Hall–Kier alpha value is -1.84. The number of aromatic nitrogens is 1. The molecule has 1 aromatic carbocycles. The first-order chi connectivity index (χ1) is 11.2. The maximum absolute atomic E-state index is 13.0. The Balaban J connectivity index is 1.97. The molecule has 0 atom stereocenters. The maximum atomic E-state index is 13.0. The lowest BCUT2D eigenvalue weighted by Crippen LogP contribution is -2.33. The minimum atomic E-state index is -4.54. The van der Waals surface area contributed by atoms with Crippen LogP contribution in [0.3, 0.4) is 0 Å². The van der Waals surface area contributed by atoms with Crippen molar-refractivity contribution >= 4 is 52.0 Å². The number of pyridine rings is 1. The monoisotopic (exact) mass is 398 g/mol. The molecule has 0 spiro atoms. The second-order valence-corrected chi connectivity index (χ2v) is 5.61. The summed E-state index contributed by atoms with van der Waals surface area (Å²) in [6, 6.07) is 4.59. The molecular weight excluding hydrogens is 391 g/mol. The first-order valence-corrected chi connectivity index (χ1v) is 7.34. The fourth-order valence-electron chi connectivity index (χ4n) is 1.54. The number of hydrogen-bond acceptors (Lipinski definition) is 3. The van der Waals surface area contributed by atoms with Crippen LogP contribution >= 0.6 is 35.4 Å². The first kappa shape index (κ1) is 18.5. The van der Waals surface area contributed by atoms with E-state index < -0.39 is 17.6 Å². The molecule has 4 nitrogen and oxygen atoms in total. The normalized spacial score (nSPS) is 11.1. The molecule has 11 heteroatoms. The largest absolute Gasteiger partial charge is 0.417 e. The molecule has 1 heterocycles. The zero-order valence-corrected chi connectivity index (χ0v) is 13.8. The van der Waals surface area contributed by atoms with Crippen LogP contribution in [0.4, 0.5) is 29.1 Å². The van der Waals surface area contributed by atoms with Crippen LogP contribution in [-0.4, -0.2) is 10.1 Å². The Morgan fingerprint density at radius 1 is 1.12 bits per heavy atom. The van der Waals surface area contributed by atoms with Gasteiger partial charge in [0.25, 0.3) is 0 Å². The third-order valence-electron chi connectivity index (χ3n) is 2.64. The predicted molar refractivity (Wildman–Crippen MR) is 88.6 cm³/mol. The fourth-order valence-corrected chi connectivity index (χ4v) is 2.10. The van der Waals surface area contributed by atoms with Crippen LogP contribution in [0.2, 0.25) is 10.0 Å². The molecule has 24 heavy (non-hydrogen) atoms. The van der Waals surface area contributed by atoms with Crippen molar-refractivity contribution in [1.29, 1.82) is 0 Å². The topological polar surface area (TPSA) is 49.0 Å². The van der Waals surface area contributed by atoms with Gasteiger partial charge in [-0.25, -0.2) is 9.37 Å². The predicted octanol–water partition coefficient (Wildman–Crippen LogP) is 4.86. The standard InChI is InChI=1S/C13H8Cl2F4N4S/c14-8-4-7(1-2-10(8)16)21-12(24)23-22-11-9(15)3-6(5-20-11)13(17,18)19/h1-5H,(H,20,22)(H2,21,23,24). The molecule has 128 valence electrons. The molecule has 0 unspecified atom stereocenters. The van der Waals surface area contributed by atoms with E-state index in [-0.39, 0.29) is 21.0 Å².